The second kappa shape index (κ2) is 6.08. The van der Waals surface area contributed by atoms with Gasteiger partial charge in [0.2, 0.25) is 0 Å². The van der Waals surface area contributed by atoms with E-state index >= 15 is 0 Å². The largest absolute Gasteiger partial charge is 0.399 e. The Morgan fingerprint density at radius 2 is 1.93 bits per heavy atom. The molecule has 0 atom stereocenters. The third-order valence-corrected chi connectivity index (χ3v) is 1.96. The Balaban J connectivity index is 2.28. The lowest BCUT2D eigenvalue weighted by atomic mass is 10.3. The first kappa shape index (κ1) is 10.6. The molecule has 0 fully saturated rings. The first-order valence-electron chi connectivity index (χ1n) is 5.07. The van der Waals surface area contributed by atoms with E-state index in [9.17, 15) is 0 Å². The molecule has 0 bridgehead atoms. The van der Waals surface area contributed by atoms with Crippen molar-refractivity contribution in [2.24, 2.45) is 0 Å². The molecule has 76 valence electrons. The molecule has 3 N–H and O–H groups in total. The summed E-state index contributed by atoms with van der Waals surface area (Å²) in [5.41, 5.74) is 7.49. The number of nitrogen functional groups attached to an aromatic ring is 1. The van der Waals surface area contributed by atoms with Crippen molar-refractivity contribution in [2.75, 3.05) is 17.6 Å². The van der Waals surface area contributed by atoms with Crippen LogP contribution in [0.4, 0.5) is 11.4 Å². The van der Waals surface area contributed by atoms with Gasteiger partial charge in [-0.15, -0.1) is 0 Å². The Bertz CT molecular complexity index is 275. The summed E-state index contributed by atoms with van der Waals surface area (Å²) >= 11 is 0. The summed E-state index contributed by atoms with van der Waals surface area (Å²) in [4.78, 5) is 0. The number of hydrogen-bond donors (Lipinski definition) is 2. The van der Waals surface area contributed by atoms with Crippen LogP contribution in [0.25, 0.3) is 0 Å². The van der Waals surface area contributed by atoms with E-state index in [0.717, 1.165) is 24.3 Å². The predicted octanol–water partition coefficient (Wildman–Crippen LogP) is 3.04. The Morgan fingerprint density at radius 3 is 2.57 bits per heavy atom. The molecule has 1 rings (SSSR count). The number of allylic oxidation sites excluding steroid dienone is 1. The van der Waals surface area contributed by atoms with Crippen LogP contribution in [0.1, 0.15) is 19.8 Å². The van der Waals surface area contributed by atoms with Gasteiger partial charge in [0.15, 0.2) is 0 Å². The maximum absolute atomic E-state index is 5.58. The van der Waals surface area contributed by atoms with E-state index in [1.165, 1.54) is 6.42 Å². The van der Waals surface area contributed by atoms with Crippen LogP contribution in [0.5, 0.6) is 0 Å². The average Bonchev–Trinajstić information content (AvgIpc) is 2.21. The minimum Gasteiger partial charge on any atom is -0.399 e. The minimum atomic E-state index is 0.803. The van der Waals surface area contributed by atoms with Gasteiger partial charge in [0.25, 0.3) is 0 Å². The molecule has 0 aliphatic heterocycles. The van der Waals surface area contributed by atoms with E-state index in [-0.39, 0.29) is 0 Å². The van der Waals surface area contributed by atoms with Gasteiger partial charge < -0.3 is 11.1 Å². The highest BCUT2D eigenvalue weighted by Crippen LogP contribution is 2.09. The number of nitrogens with one attached hydrogen (secondary N) is 1. The van der Waals surface area contributed by atoms with Crippen molar-refractivity contribution in [3.8, 4) is 0 Å². The number of rotatable bonds is 5. The second-order valence-corrected chi connectivity index (χ2v) is 3.26. The van der Waals surface area contributed by atoms with Crippen molar-refractivity contribution in [1.82, 2.24) is 0 Å². The van der Waals surface area contributed by atoms with Gasteiger partial charge in [-0.2, -0.15) is 0 Å². The number of benzene rings is 1. The molecule has 0 radical (unpaired) electrons. The van der Waals surface area contributed by atoms with Crippen molar-refractivity contribution in [3.05, 3.63) is 36.4 Å². The highest BCUT2D eigenvalue weighted by Gasteiger charge is 1.87. The highest BCUT2D eigenvalue weighted by molar-refractivity contribution is 5.51. The van der Waals surface area contributed by atoms with Crippen LogP contribution in [0.15, 0.2) is 36.4 Å². The number of anilines is 2. The lowest BCUT2D eigenvalue weighted by Crippen LogP contribution is -1.97. The van der Waals surface area contributed by atoms with Gasteiger partial charge in [0, 0.05) is 17.9 Å². The quantitative estimate of drug-likeness (QED) is 0.553. The van der Waals surface area contributed by atoms with Gasteiger partial charge >= 0.3 is 0 Å². The fraction of sp³-hybridized carbons (Fsp3) is 0.333. The summed E-state index contributed by atoms with van der Waals surface area (Å²) in [7, 11) is 0. The zero-order valence-corrected chi connectivity index (χ0v) is 8.66. The third-order valence-electron chi connectivity index (χ3n) is 1.96. The number of nitrogens with two attached hydrogens (primary N) is 1. The number of hydrogen-bond acceptors (Lipinski definition) is 2. The fourth-order valence-electron chi connectivity index (χ4n) is 1.15. The SMILES string of the molecule is CCCC=CCNc1ccc(N)cc1. The maximum atomic E-state index is 5.58. The van der Waals surface area contributed by atoms with Crippen molar-refractivity contribution in [1.29, 1.82) is 0 Å². The van der Waals surface area contributed by atoms with Gasteiger partial charge in [-0.25, -0.2) is 0 Å². The molecule has 0 unspecified atom stereocenters. The second-order valence-electron chi connectivity index (χ2n) is 3.26. The molecule has 2 heteroatoms. The summed E-state index contributed by atoms with van der Waals surface area (Å²) in [6, 6.07) is 7.78. The van der Waals surface area contributed by atoms with Crippen LogP contribution in [-0.4, -0.2) is 6.54 Å². The summed E-state index contributed by atoms with van der Waals surface area (Å²) in [5.74, 6) is 0. The molecular formula is C12H18N2. The molecular weight excluding hydrogens is 172 g/mol. The molecule has 0 spiro atoms. The van der Waals surface area contributed by atoms with E-state index in [0.29, 0.717) is 0 Å². The van der Waals surface area contributed by atoms with Crippen LogP contribution in [0.3, 0.4) is 0 Å². The summed E-state index contributed by atoms with van der Waals surface area (Å²) in [6.07, 6.45) is 6.71. The first-order valence-corrected chi connectivity index (χ1v) is 5.07. The van der Waals surface area contributed by atoms with Gasteiger partial charge in [0.1, 0.15) is 0 Å². The molecule has 0 saturated carbocycles. The average molecular weight is 190 g/mol. The van der Waals surface area contributed by atoms with E-state index in [1.807, 2.05) is 24.3 Å². The van der Waals surface area contributed by atoms with Gasteiger partial charge in [-0.3, -0.25) is 0 Å². The van der Waals surface area contributed by atoms with Gasteiger partial charge in [-0.1, -0.05) is 25.5 Å². The summed E-state index contributed by atoms with van der Waals surface area (Å²) in [5, 5.41) is 3.29. The number of unbranched alkanes of at least 4 members (excludes halogenated alkanes) is 1. The monoisotopic (exact) mass is 190 g/mol. The van der Waals surface area contributed by atoms with Crippen molar-refractivity contribution >= 4 is 11.4 Å². The van der Waals surface area contributed by atoms with Crippen molar-refractivity contribution in [3.63, 3.8) is 0 Å². The molecule has 1 aromatic rings. The third kappa shape index (κ3) is 3.99. The molecule has 0 amide bonds. The predicted molar refractivity (Wildman–Crippen MR) is 63.4 cm³/mol. The van der Waals surface area contributed by atoms with Crippen LogP contribution in [0, 0.1) is 0 Å². The zero-order chi connectivity index (χ0) is 10.2. The Labute approximate surface area is 85.8 Å². The fourth-order valence-corrected chi connectivity index (χ4v) is 1.15. The summed E-state index contributed by atoms with van der Waals surface area (Å²) < 4.78 is 0. The van der Waals surface area contributed by atoms with Crippen LogP contribution < -0.4 is 11.1 Å². The lowest BCUT2D eigenvalue weighted by molar-refractivity contribution is 0.955. The van der Waals surface area contributed by atoms with E-state index < -0.39 is 0 Å². The van der Waals surface area contributed by atoms with E-state index in [2.05, 4.69) is 24.4 Å². The smallest absolute Gasteiger partial charge is 0.0344 e. The molecule has 0 aliphatic carbocycles. The molecule has 0 aliphatic rings. The molecule has 0 aromatic heterocycles. The molecule has 0 saturated heterocycles. The Morgan fingerprint density at radius 1 is 1.21 bits per heavy atom. The topological polar surface area (TPSA) is 38.0 Å². The van der Waals surface area contributed by atoms with Gasteiger partial charge in [0.05, 0.1) is 0 Å². The molecule has 1 aromatic carbocycles. The highest BCUT2D eigenvalue weighted by atomic mass is 14.9. The Hall–Kier alpha value is -1.44. The maximum Gasteiger partial charge on any atom is 0.0344 e. The van der Waals surface area contributed by atoms with Crippen molar-refractivity contribution in [2.45, 2.75) is 19.8 Å². The first-order chi connectivity index (χ1) is 6.83. The minimum absolute atomic E-state index is 0.803. The zero-order valence-electron chi connectivity index (χ0n) is 8.66. The molecule has 2 nitrogen and oxygen atoms in total. The Kier molecular flexibility index (Phi) is 4.62. The van der Waals surface area contributed by atoms with Crippen molar-refractivity contribution < 1.29 is 0 Å². The summed E-state index contributed by atoms with van der Waals surface area (Å²) in [6.45, 7) is 3.06. The van der Waals surface area contributed by atoms with E-state index in [1.54, 1.807) is 0 Å². The molecule has 0 heterocycles. The van der Waals surface area contributed by atoms with Crippen LogP contribution in [-0.2, 0) is 0 Å². The standard InChI is InChI=1S/C12H18N2/c1-2-3-4-5-10-14-12-8-6-11(13)7-9-12/h4-9,14H,2-3,10,13H2,1H3. The van der Waals surface area contributed by atoms with Gasteiger partial charge in [-0.05, 0) is 30.7 Å². The normalized spacial score (nSPS) is 10.6. The van der Waals surface area contributed by atoms with Crippen LogP contribution in [0.2, 0.25) is 0 Å². The van der Waals surface area contributed by atoms with Crippen LogP contribution >= 0.6 is 0 Å². The molecule has 14 heavy (non-hydrogen) atoms. The lowest BCUT2D eigenvalue weighted by Gasteiger charge is -2.02. The van der Waals surface area contributed by atoms with E-state index in [4.69, 9.17) is 5.73 Å².